The Bertz CT molecular complexity index is 754. The van der Waals surface area contributed by atoms with E-state index in [0.717, 1.165) is 25.0 Å². The number of ether oxygens (including phenoxy) is 1. The van der Waals surface area contributed by atoms with Crippen LogP contribution in [-0.4, -0.2) is 40.0 Å². The number of hydrogen-bond donors (Lipinski definition) is 0. The van der Waals surface area contributed by atoms with Crippen molar-refractivity contribution in [3.05, 3.63) is 53.5 Å². The lowest BCUT2D eigenvalue weighted by Crippen LogP contribution is -2.44. The van der Waals surface area contributed by atoms with Gasteiger partial charge in [0.25, 0.3) is 5.91 Å². The highest BCUT2D eigenvalue weighted by molar-refractivity contribution is 5.94. The van der Waals surface area contributed by atoms with Gasteiger partial charge in [-0.05, 0) is 38.0 Å². The minimum atomic E-state index is -1.03. The van der Waals surface area contributed by atoms with Crippen LogP contribution in [0.3, 0.4) is 0 Å². The van der Waals surface area contributed by atoms with Gasteiger partial charge in [-0.1, -0.05) is 0 Å². The van der Waals surface area contributed by atoms with Gasteiger partial charge in [-0.15, -0.1) is 0 Å². The molecule has 1 saturated heterocycles. The highest BCUT2D eigenvalue weighted by Gasteiger charge is 2.26. The van der Waals surface area contributed by atoms with E-state index in [-0.39, 0.29) is 17.6 Å². The summed E-state index contributed by atoms with van der Waals surface area (Å²) in [6, 6.07) is 4.85. The molecule has 0 N–H and O–H groups in total. The van der Waals surface area contributed by atoms with Crippen molar-refractivity contribution in [1.29, 1.82) is 0 Å². The van der Waals surface area contributed by atoms with Gasteiger partial charge in [-0.25, -0.2) is 13.8 Å². The Hall–Kier alpha value is -2.57. The maximum Gasteiger partial charge on any atom is 0.254 e. The van der Waals surface area contributed by atoms with Crippen molar-refractivity contribution in [2.75, 3.05) is 13.1 Å². The highest BCUT2D eigenvalue weighted by Crippen LogP contribution is 2.19. The maximum absolute atomic E-state index is 13.3. The molecule has 1 fully saturated rings. The minimum Gasteiger partial charge on any atom is -0.472 e. The minimum absolute atomic E-state index is 0.132. The van der Waals surface area contributed by atoms with Crippen LogP contribution < -0.4 is 4.74 Å². The third kappa shape index (κ3) is 3.67. The summed E-state index contributed by atoms with van der Waals surface area (Å²) < 4.78 is 32.1. The van der Waals surface area contributed by atoms with Crippen LogP contribution in [0.15, 0.2) is 30.5 Å². The summed E-state index contributed by atoms with van der Waals surface area (Å²) in [7, 11) is 0. The van der Waals surface area contributed by atoms with Gasteiger partial charge >= 0.3 is 0 Å². The van der Waals surface area contributed by atoms with Gasteiger partial charge in [0, 0.05) is 24.4 Å². The average Bonchev–Trinajstić information content (AvgIpc) is 2.57. The first-order chi connectivity index (χ1) is 11.5. The second-order valence-electron chi connectivity index (χ2n) is 5.70. The molecule has 1 aromatic carbocycles. The smallest absolute Gasteiger partial charge is 0.254 e. The van der Waals surface area contributed by atoms with Crippen molar-refractivity contribution in [2.45, 2.75) is 25.9 Å². The average molecular weight is 333 g/mol. The molecule has 7 heteroatoms. The number of rotatable bonds is 3. The first kappa shape index (κ1) is 16.3. The monoisotopic (exact) mass is 333 g/mol. The highest BCUT2D eigenvalue weighted by atomic mass is 19.2. The Balaban J connectivity index is 1.68. The number of carbonyl (C=O) groups excluding carboxylic acids is 1. The molecule has 1 aliphatic rings. The van der Waals surface area contributed by atoms with Gasteiger partial charge < -0.3 is 9.64 Å². The Labute approximate surface area is 138 Å². The van der Waals surface area contributed by atoms with Crippen molar-refractivity contribution < 1.29 is 18.3 Å². The van der Waals surface area contributed by atoms with E-state index >= 15 is 0 Å². The van der Waals surface area contributed by atoms with Crippen LogP contribution in [0, 0.1) is 18.6 Å². The molecule has 0 aliphatic carbocycles. The van der Waals surface area contributed by atoms with Crippen LogP contribution in [0.25, 0.3) is 0 Å². The number of likely N-dealkylation sites (tertiary alicyclic amines) is 1. The molecule has 0 bridgehead atoms. The number of carbonyl (C=O) groups is 1. The molecule has 1 aliphatic heterocycles. The van der Waals surface area contributed by atoms with Crippen molar-refractivity contribution >= 4 is 5.91 Å². The molecule has 0 saturated carbocycles. The third-order valence-corrected chi connectivity index (χ3v) is 3.87. The number of aromatic nitrogens is 2. The number of hydrogen-bond acceptors (Lipinski definition) is 4. The van der Waals surface area contributed by atoms with E-state index in [0.29, 0.717) is 24.8 Å². The molecule has 1 amide bonds. The Morgan fingerprint density at radius 2 is 2.12 bits per heavy atom. The lowest BCUT2D eigenvalue weighted by atomic mass is 10.1. The van der Waals surface area contributed by atoms with Gasteiger partial charge in [-0.2, -0.15) is 4.98 Å². The molecule has 5 nitrogen and oxygen atoms in total. The standard InChI is InChI=1S/C17H17F2N3O2/c1-11-20-7-6-16(21-11)24-13-3-2-8-22(10-13)17(23)12-4-5-14(18)15(19)9-12/h4-7,9,13H,2-3,8,10H2,1H3/t13-/m1/s1. The fourth-order valence-electron chi connectivity index (χ4n) is 2.70. The zero-order valence-corrected chi connectivity index (χ0v) is 13.2. The zero-order chi connectivity index (χ0) is 17.1. The molecule has 2 aromatic rings. The SMILES string of the molecule is Cc1nccc(O[C@@H]2CCCN(C(=O)c3ccc(F)c(F)c3)C2)n1. The summed E-state index contributed by atoms with van der Waals surface area (Å²) in [5, 5.41) is 0. The second-order valence-corrected chi connectivity index (χ2v) is 5.70. The molecule has 2 heterocycles. The van der Waals surface area contributed by atoms with E-state index in [1.165, 1.54) is 6.07 Å². The molecule has 1 atom stereocenters. The van der Waals surface area contributed by atoms with Crippen molar-refractivity contribution in [3.8, 4) is 5.88 Å². The van der Waals surface area contributed by atoms with Gasteiger partial charge in [0.1, 0.15) is 11.9 Å². The number of amides is 1. The first-order valence-corrected chi connectivity index (χ1v) is 7.73. The number of halogens is 2. The van der Waals surface area contributed by atoms with E-state index in [1.54, 1.807) is 24.1 Å². The fraction of sp³-hybridized carbons (Fsp3) is 0.353. The molecule has 126 valence electrons. The zero-order valence-electron chi connectivity index (χ0n) is 13.2. The summed E-state index contributed by atoms with van der Waals surface area (Å²) in [5.41, 5.74) is 0.132. The van der Waals surface area contributed by atoms with Crippen LogP contribution in [0.2, 0.25) is 0 Å². The van der Waals surface area contributed by atoms with Crippen LogP contribution in [-0.2, 0) is 0 Å². The van der Waals surface area contributed by atoms with Crippen LogP contribution in [0.5, 0.6) is 5.88 Å². The summed E-state index contributed by atoms with van der Waals surface area (Å²) in [5.74, 6) is -1.25. The lowest BCUT2D eigenvalue weighted by Gasteiger charge is -2.32. The topological polar surface area (TPSA) is 55.3 Å². The molecule has 0 spiro atoms. The molecular formula is C17H17F2N3O2. The van der Waals surface area contributed by atoms with Crippen molar-refractivity contribution in [3.63, 3.8) is 0 Å². The van der Waals surface area contributed by atoms with Gasteiger partial charge in [0.05, 0.1) is 6.54 Å². The summed E-state index contributed by atoms with van der Waals surface area (Å²) in [6.07, 6.45) is 2.99. The molecule has 3 rings (SSSR count). The number of benzene rings is 1. The molecular weight excluding hydrogens is 316 g/mol. The van der Waals surface area contributed by atoms with E-state index in [4.69, 9.17) is 4.74 Å². The largest absolute Gasteiger partial charge is 0.472 e. The van der Waals surface area contributed by atoms with Crippen molar-refractivity contribution in [2.24, 2.45) is 0 Å². The number of piperidine rings is 1. The number of nitrogens with zero attached hydrogens (tertiary/aromatic N) is 3. The van der Waals surface area contributed by atoms with E-state index < -0.39 is 11.6 Å². The molecule has 0 unspecified atom stereocenters. The van der Waals surface area contributed by atoms with Crippen molar-refractivity contribution in [1.82, 2.24) is 14.9 Å². The number of aryl methyl sites for hydroxylation is 1. The Morgan fingerprint density at radius 3 is 2.88 bits per heavy atom. The summed E-state index contributed by atoms with van der Waals surface area (Å²) in [6.45, 7) is 2.70. The third-order valence-electron chi connectivity index (χ3n) is 3.87. The van der Waals surface area contributed by atoms with Crippen LogP contribution in [0.1, 0.15) is 29.0 Å². The van der Waals surface area contributed by atoms with Gasteiger partial charge in [0.2, 0.25) is 5.88 Å². The summed E-state index contributed by atoms with van der Waals surface area (Å²) in [4.78, 5) is 22.3. The van der Waals surface area contributed by atoms with Crippen LogP contribution in [0.4, 0.5) is 8.78 Å². The lowest BCUT2D eigenvalue weighted by molar-refractivity contribution is 0.0526. The first-order valence-electron chi connectivity index (χ1n) is 7.73. The predicted molar refractivity (Wildman–Crippen MR) is 82.7 cm³/mol. The molecule has 1 aromatic heterocycles. The van der Waals surface area contributed by atoms with E-state index in [9.17, 15) is 13.6 Å². The quantitative estimate of drug-likeness (QED) is 0.867. The normalized spacial score (nSPS) is 17.6. The Morgan fingerprint density at radius 1 is 1.29 bits per heavy atom. The molecule has 0 radical (unpaired) electrons. The van der Waals surface area contributed by atoms with Crippen LogP contribution >= 0.6 is 0 Å². The van der Waals surface area contributed by atoms with E-state index in [1.807, 2.05) is 0 Å². The van der Waals surface area contributed by atoms with Gasteiger partial charge in [-0.3, -0.25) is 4.79 Å². The predicted octanol–water partition coefficient (Wildman–Crippen LogP) is 2.75. The Kier molecular flexibility index (Phi) is 4.69. The summed E-state index contributed by atoms with van der Waals surface area (Å²) >= 11 is 0. The van der Waals surface area contributed by atoms with E-state index in [2.05, 4.69) is 9.97 Å². The maximum atomic E-state index is 13.3. The molecule has 24 heavy (non-hydrogen) atoms. The fourth-order valence-corrected chi connectivity index (χ4v) is 2.70. The second kappa shape index (κ2) is 6.90. The van der Waals surface area contributed by atoms with Gasteiger partial charge in [0.15, 0.2) is 11.6 Å².